The zero-order chi connectivity index (χ0) is 17.4. The summed E-state index contributed by atoms with van der Waals surface area (Å²) in [5.41, 5.74) is 3.66. The van der Waals surface area contributed by atoms with Crippen LogP contribution in [0.2, 0.25) is 0 Å². The van der Waals surface area contributed by atoms with E-state index in [4.69, 9.17) is 9.05 Å². The smallest absolute Gasteiger partial charge is 0.335 e. The molecule has 0 saturated carbocycles. The molecule has 2 aliphatic heterocycles. The Morgan fingerprint density at radius 3 is 2.72 bits per heavy atom. The van der Waals surface area contributed by atoms with Crippen molar-refractivity contribution < 1.29 is 13.6 Å². The minimum atomic E-state index is -3.14. The summed E-state index contributed by atoms with van der Waals surface area (Å²) < 4.78 is 25.0. The number of hydrogen-bond donors (Lipinski definition) is 1. The van der Waals surface area contributed by atoms with Crippen LogP contribution in [-0.4, -0.2) is 41.8 Å². The van der Waals surface area contributed by atoms with Crippen LogP contribution in [0.15, 0.2) is 24.3 Å². The van der Waals surface area contributed by atoms with Crippen LogP contribution in [0.25, 0.3) is 10.9 Å². The Bertz CT molecular complexity index is 793. The maximum atomic E-state index is 13.6. The first kappa shape index (κ1) is 17.3. The van der Waals surface area contributed by atoms with Crippen LogP contribution in [0.4, 0.5) is 0 Å². The number of hydrogen-bond acceptors (Lipinski definition) is 4. The number of piperidine rings is 1. The van der Waals surface area contributed by atoms with E-state index >= 15 is 0 Å². The van der Waals surface area contributed by atoms with Crippen molar-refractivity contribution in [1.29, 1.82) is 0 Å². The Balaban J connectivity index is 1.81. The Morgan fingerprint density at radius 1 is 1.20 bits per heavy atom. The van der Waals surface area contributed by atoms with Crippen LogP contribution < -0.4 is 0 Å². The minimum Gasteiger partial charge on any atom is -0.357 e. The molecule has 3 heterocycles. The maximum absolute atomic E-state index is 13.6. The summed E-state index contributed by atoms with van der Waals surface area (Å²) in [7, 11) is -3.14. The highest BCUT2D eigenvalue weighted by Gasteiger charge is 2.48. The molecular formula is C19H27N2O3P. The van der Waals surface area contributed by atoms with Crippen molar-refractivity contribution in [3.05, 3.63) is 35.5 Å². The van der Waals surface area contributed by atoms with Crippen LogP contribution in [0.3, 0.4) is 0 Å². The molecule has 2 atom stereocenters. The highest BCUT2D eigenvalue weighted by molar-refractivity contribution is 7.54. The quantitative estimate of drug-likeness (QED) is 0.796. The third kappa shape index (κ3) is 2.87. The van der Waals surface area contributed by atoms with E-state index in [-0.39, 0.29) is 11.7 Å². The first-order valence-electron chi connectivity index (χ1n) is 9.40. The van der Waals surface area contributed by atoms with Gasteiger partial charge in [0.25, 0.3) is 0 Å². The predicted octanol–water partition coefficient (Wildman–Crippen LogP) is 4.50. The third-order valence-corrected chi connectivity index (χ3v) is 8.11. The normalized spacial score (nSPS) is 24.2. The Kier molecular flexibility index (Phi) is 4.76. The van der Waals surface area contributed by atoms with Gasteiger partial charge in [-0.1, -0.05) is 18.2 Å². The minimum absolute atomic E-state index is 0.0915. The molecule has 1 saturated heterocycles. The molecule has 0 aliphatic carbocycles. The van der Waals surface area contributed by atoms with E-state index in [0.717, 1.165) is 32.4 Å². The summed E-state index contributed by atoms with van der Waals surface area (Å²) in [4.78, 5) is 6.10. The average Bonchev–Trinajstić information content (AvgIpc) is 3.00. The number of aromatic nitrogens is 1. The topological polar surface area (TPSA) is 54.6 Å². The zero-order valence-corrected chi connectivity index (χ0v) is 15.9. The van der Waals surface area contributed by atoms with Crippen LogP contribution in [0.5, 0.6) is 0 Å². The molecular weight excluding hydrogens is 335 g/mol. The Labute approximate surface area is 149 Å². The highest BCUT2D eigenvalue weighted by Crippen LogP contribution is 2.61. The van der Waals surface area contributed by atoms with Crippen molar-refractivity contribution in [2.24, 2.45) is 0 Å². The largest absolute Gasteiger partial charge is 0.357 e. The summed E-state index contributed by atoms with van der Waals surface area (Å²) >= 11 is 0. The first-order valence-corrected chi connectivity index (χ1v) is 11.0. The molecule has 0 bridgehead atoms. The van der Waals surface area contributed by atoms with Gasteiger partial charge in [0, 0.05) is 23.1 Å². The molecule has 1 N–H and O–H groups in total. The fourth-order valence-corrected chi connectivity index (χ4v) is 6.95. The van der Waals surface area contributed by atoms with E-state index in [9.17, 15) is 4.57 Å². The van der Waals surface area contributed by atoms with Crippen molar-refractivity contribution in [3.8, 4) is 0 Å². The second-order valence-electron chi connectivity index (χ2n) is 6.88. The number of nitrogens with zero attached hydrogens (tertiary/aromatic N) is 1. The lowest BCUT2D eigenvalue weighted by atomic mass is 9.90. The molecule has 1 aromatic carbocycles. The molecule has 0 radical (unpaired) electrons. The molecule has 136 valence electrons. The molecule has 0 spiro atoms. The summed E-state index contributed by atoms with van der Waals surface area (Å²) in [5.74, 6) is 0. The standard InChI is InChI=1S/C19H27N2O3P/c1-3-23-25(22,24-4-2)17-10-7-12-21-13-11-15-14-8-5-6-9-16(14)20-18(15)19(17)21/h5-6,8-9,17,19-20H,3-4,7,10-13H2,1-2H3. The van der Waals surface area contributed by atoms with Crippen molar-refractivity contribution >= 4 is 18.5 Å². The zero-order valence-electron chi connectivity index (χ0n) is 15.0. The first-order chi connectivity index (χ1) is 12.2. The summed E-state index contributed by atoms with van der Waals surface area (Å²) in [5, 5.41) is 1.30. The highest BCUT2D eigenvalue weighted by atomic mass is 31.2. The van der Waals surface area contributed by atoms with Gasteiger partial charge in [-0.05, 0) is 51.3 Å². The molecule has 6 heteroatoms. The molecule has 2 aromatic rings. The Hall–Kier alpha value is -1.13. The van der Waals surface area contributed by atoms with Crippen LogP contribution >= 0.6 is 7.60 Å². The van der Waals surface area contributed by atoms with Gasteiger partial charge in [-0.15, -0.1) is 0 Å². The molecule has 25 heavy (non-hydrogen) atoms. The molecule has 1 fully saturated rings. The van der Waals surface area contributed by atoms with Gasteiger partial charge < -0.3 is 14.0 Å². The lowest BCUT2D eigenvalue weighted by Crippen LogP contribution is -2.46. The monoisotopic (exact) mass is 362 g/mol. The maximum Gasteiger partial charge on any atom is 0.335 e. The van der Waals surface area contributed by atoms with E-state index < -0.39 is 7.60 Å². The van der Waals surface area contributed by atoms with E-state index in [1.54, 1.807) is 0 Å². The number of nitrogens with one attached hydrogen (secondary N) is 1. The lowest BCUT2D eigenvalue weighted by Gasteiger charge is -2.45. The van der Waals surface area contributed by atoms with Crippen molar-refractivity contribution in [2.75, 3.05) is 26.3 Å². The third-order valence-electron chi connectivity index (χ3n) is 5.52. The van der Waals surface area contributed by atoms with Crippen molar-refractivity contribution in [1.82, 2.24) is 9.88 Å². The van der Waals surface area contributed by atoms with Gasteiger partial charge >= 0.3 is 7.60 Å². The number of H-pyrrole nitrogens is 1. The second kappa shape index (κ2) is 6.88. The molecule has 2 aliphatic rings. The number of rotatable bonds is 5. The fourth-order valence-electron chi connectivity index (χ4n) is 4.59. The summed E-state index contributed by atoms with van der Waals surface area (Å²) in [6.07, 6.45) is 2.96. The van der Waals surface area contributed by atoms with E-state index in [0.29, 0.717) is 13.2 Å². The van der Waals surface area contributed by atoms with Gasteiger partial charge in [-0.25, -0.2) is 0 Å². The van der Waals surface area contributed by atoms with Gasteiger partial charge in [-0.2, -0.15) is 0 Å². The van der Waals surface area contributed by atoms with Crippen LogP contribution in [0, 0.1) is 0 Å². The number of para-hydroxylation sites is 1. The van der Waals surface area contributed by atoms with Crippen molar-refractivity contribution in [2.45, 2.75) is 44.8 Å². The molecule has 5 nitrogen and oxygen atoms in total. The van der Waals surface area contributed by atoms with E-state index in [1.807, 2.05) is 13.8 Å². The number of fused-ring (bicyclic) bond motifs is 5. The van der Waals surface area contributed by atoms with Crippen LogP contribution in [-0.2, 0) is 20.0 Å². The van der Waals surface area contributed by atoms with Gasteiger partial charge in [0.05, 0.1) is 24.9 Å². The number of benzene rings is 1. The summed E-state index contributed by atoms with van der Waals surface area (Å²) in [6, 6.07) is 8.55. The van der Waals surface area contributed by atoms with E-state index in [2.05, 4.69) is 34.1 Å². The van der Waals surface area contributed by atoms with Gasteiger partial charge in [-0.3, -0.25) is 9.46 Å². The van der Waals surface area contributed by atoms with Gasteiger partial charge in [0.15, 0.2) is 0 Å². The SMILES string of the molecule is CCOP(=O)(OCC)C1CCCN2CCc3c([nH]c4ccccc34)C12. The molecule has 0 amide bonds. The van der Waals surface area contributed by atoms with E-state index in [1.165, 1.54) is 22.2 Å². The van der Waals surface area contributed by atoms with Gasteiger partial charge in [0.1, 0.15) is 0 Å². The lowest BCUT2D eigenvalue weighted by molar-refractivity contribution is 0.115. The number of aromatic amines is 1. The predicted molar refractivity (Wildman–Crippen MR) is 100 cm³/mol. The van der Waals surface area contributed by atoms with Crippen molar-refractivity contribution in [3.63, 3.8) is 0 Å². The van der Waals surface area contributed by atoms with Crippen LogP contribution in [0.1, 0.15) is 44.0 Å². The average molecular weight is 362 g/mol. The second-order valence-corrected chi connectivity index (χ2v) is 9.14. The molecule has 2 unspecified atom stereocenters. The molecule has 4 rings (SSSR count). The Morgan fingerprint density at radius 2 is 1.96 bits per heavy atom. The summed E-state index contributed by atoms with van der Waals surface area (Å²) in [6.45, 7) is 6.67. The molecule has 1 aromatic heterocycles. The fraction of sp³-hybridized carbons (Fsp3) is 0.579. The van der Waals surface area contributed by atoms with Gasteiger partial charge in [0.2, 0.25) is 0 Å².